The third-order valence-corrected chi connectivity index (χ3v) is 4.66. The summed E-state index contributed by atoms with van der Waals surface area (Å²) in [5.41, 5.74) is 0. The van der Waals surface area contributed by atoms with Crippen LogP contribution in [0.25, 0.3) is 0 Å². The number of hydrogen-bond acceptors (Lipinski definition) is 4. The van der Waals surface area contributed by atoms with Crippen molar-refractivity contribution in [1.82, 2.24) is 4.90 Å². The Balaban J connectivity index is 2.76. The molecule has 0 spiro atoms. The average molecular weight is 263 g/mol. The first-order valence-electron chi connectivity index (χ1n) is 6.34. The van der Waals surface area contributed by atoms with E-state index < -0.39 is 15.9 Å². The van der Waals surface area contributed by atoms with Crippen molar-refractivity contribution in [3.63, 3.8) is 0 Å². The molecule has 1 heterocycles. The van der Waals surface area contributed by atoms with Gasteiger partial charge in [-0.25, -0.2) is 8.42 Å². The Bertz CT molecular complexity index is 328. The topological polar surface area (TPSA) is 57.6 Å². The summed E-state index contributed by atoms with van der Waals surface area (Å²) in [6.45, 7) is 10.1. The second-order valence-electron chi connectivity index (χ2n) is 5.95. The summed E-state index contributed by atoms with van der Waals surface area (Å²) in [4.78, 5) is 2.14. The number of rotatable bonds is 5. The smallest absolute Gasteiger partial charge is 0.154 e. The number of aliphatic hydroxyl groups excluding tert-OH is 1. The van der Waals surface area contributed by atoms with E-state index in [1.54, 1.807) is 0 Å². The minimum absolute atomic E-state index is 0.0790. The summed E-state index contributed by atoms with van der Waals surface area (Å²) in [6, 6.07) is -0.218. The van der Waals surface area contributed by atoms with Crippen molar-refractivity contribution >= 4 is 9.84 Å². The van der Waals surface area contributed by atoms with Gasteiger partial charge in [0.1, 0.15) is 0 Å². The predicted molar refractivity (Wildman–Crippen MR) is 69.7 cm³/mol. The highest BCUT2D eigenvalue weighted by molar-refractivity contribution is 7.91. The molecule has 1 N–H and O–H groups in total. The van der Waals surface area contributed by atoms with Gasteiger partial charge in [-0.2, -0.15) is 0 Å². The minimum Gasteiger partial charge on any atom is -0.390 e. The molecule has 0 unspecified atom stereocenters. The molecule has 4 nitrogen and oxygen atoms in total. The number of hydrogen-bond donors (Lipinski definition) is 1. The molecule has 1 aliphatic heterocycles. The molecule has 1 fully saturated rings. The molecule has 0 aliphatic carbocycles. The fourth-order valence-corrected chi connectivity index (χ4v) is 4.27. The summed E-state index contributed by atoms with van der Waals surface area (Å²) in [7, 11) is -3.05. The third-order valence-electron chi connectivity index (χ3n) is 2.96. The van der Waals surface area contributed by atoms with Crippen LogP contribution in [0.1, 0.15) is 27.7 Å². The second kappa shape index (κ2) is 5.67. The van der Waals surface area contributed by atoms with Gasteiger partial charge in [-0.1, -0.05) is 27.7 Å². The van der Waals surface area contributed by atoms with Crippen molar-refractivity contribution in [2.45, 2.75) is 39.8 Å². The van der Waals surface area contributed by atoms with E-state index in [4.69, 9.17) is 0 Å². The lowest BCUT2D eigenvalue weighted by molar-refractivity contribution is 0.0677. The predicted octanol–water partition coefficient (Wildman–Crippen LogP) is 0.758. The van der Waals surface area contributed by atoms with Gasteiger partial charge in [-0.15, -0.1) is 0 Å². The molecule has 1 saturated heterocycles. The highest BCUT2D eigenvalue weighted by atomic mass is 32.2. The maximum Gasteiger partial charge on any atom is 0.154 e. The molecule has 17 heavy (non-hydrogen) atoms. The highest BCUT2D eigenvalue weighted by Gasteiger charge is 2.40. The largest absolute Gasteiger partial charge is 0.390 e. The van der Waals surface area contributed by atoms with E-state index in [9.17, 15) is 13.5 Å². The van der Waals surface area contributed by atoms with Gasteiger partial charge in [-0.3, -0.25) is 4.90 Å². The minimum atomic E-state index is -3.05. The Hall–Kier alpha value is -0.130. The van der Waals surface area contributed by atoms with Gasteiger partial charge in [0.15, 0.2) is 9.84 Å². The van der Waals surface area contributed by atoms with Crippen LogP contribution in [0.15, 0.2) is 0 Å². The lowest BCUT2D eigenvalue weighted by Gasteiger charge is -2.32. The van der Waals surface area contributed by atoms with E-state index in [0.717, 1.165) is 13.1 Å². The molecule has 1 aliphatic rings. The Labute approximate surface area is 105 Å². The van der Waals surface area contributed by atoms with Gasteiger partial charge in [0.25, 0.3) is 0 Å². The van der Waals surface area contributed by atoms with Crippen LogP contribution in [0.3, 0.4) is 0 Å². The Morgan fingerprint density at radius 3 is 1.88 bits per heavy atom. The number of aliphatic hydroxyl groups is 1. The molecule has 0 aromatic rings. The zero-order chi connectivity index (χ0) is 13.2. The first kappa shape index (κ1) is 14.9. The lowest BCUT2D eigenvalue weighted by Crippen LogP contribution is -2.46. The molecular weight excluding hydrogens is 238 g/mol. The van der Waals surface area contributed by atoms with E-state index >= 15 is 0 Å². The molecule has 0 aromatic heterocycles. The van der Waals surface area contributed by atoms with Crippen LogP contribution in [0.2, 0.25) is 0 Å². The van der Waals surface area contributed by atoms with Crippen molar-refractivity contribution in [3.05, 3.63) is 0 Å². The fraction of sp³-hybridized carbons (Fsp3) is 1.00. The first-order valence-corrected chi connectivity index (χ1v) is 8.16. The van der Waals surface area contributed by atoms with Gasteiger partial charge >= 0.3 is 0 Å². The summed E-state index contributed by atoms with van der Waals surface area (Å²) < 4.78 is 23.1. The summed E-state index contributed by atoms with van der Waals surface area (Å²) >= 11 is 0. The van der Waals surface area contributed by atoms with Crippen LogP contribution in [0.4, 0.5) is 0 Å². The van der Waals surface area contributed by atoms with Gasteiger partial charge in [0.05, 0.1) is 23.7 Å². The number of sulfone groups is 1. The SMILES string of the molecule is CC(C)CN(CC(C)C)[C@@H]1CS(=O)(=O)C[C@H]1O. The van der Waals surface area contributed by atoms with Crippen LogP contribution < -0.4 is 0 Å². The average Bonchev–Trinajstić information content (AvgIpc) is 2.36. The van der Waals surface area contributed by atoms with Gasteiger partial charge in [-0.05, 0) is 11.8 Å². The zero-order valence-electron chi connectivity index (χ0n) is 11.3. The second-order valence-corrected chi connectivity index (χ2v) is 8.11. The normalized spacial score (nSPS) is 28.5. The Morgan fingerprint density at radius 2 is 1.59 bits per heavy atom. The Morgan fingerprint density at radius 1 is 1.12 bits per heavy atom. The highest BCUT2D eigenvalue weighted by Crippen LogP contribution is 2.20. The van der Waals surface area contributed by atoms with Crippen LogP contribution in [0, 0.1) is 11.8 Å². The summed E-state index contributed by atoms with van der Waals surface area (Å²) in [5, 5.41) is 9.90. The van der Waals surface area contributed by atoms with E-state index in [0.29, 0.717) is 11.8 Å². The summed E-state index contributed by atoms with van der Waals surface area (Å²) in [5.74, 6) is 0.978. The molecule has 0 amide bonds. The van der Waals surface area contributed by atoms with E-state index in [2.05, 4.69) is 32.6 Å². The molecule has 0 aromatic carbocycles. The van der Waals surface area contributed by atoms with Gasteiger partial charge in [0, 0.05) is 13.1 Å². The quantitative estimate of drug-likeness (QED) is 0.795. The van der Waals surface area contributed by atoms with Crippen LogP contribution >= 0.6 is 0 Å². The van der Waals surface area contributed by atoms with E-state index in [-0.39, 0.29) is 17.5 Å². The summed E-state index contributed by atoms with van der Waals surface area (Å²) in [6.07, 6.45) is -0.725. The van der Waals surface area contributed by atoms with Gasteiger partial charge in [0.2, 0.25) is 0 Å². The van der Waals surface area contributed by atoms with Crippen LogP contribution in [-0.2, 0) is 9.84 Å². The first-order chi connectivity index (χ1) is 7.71. The van der Waals surface area contributed by atoms with Crippen LogP contribution in [-0.4, -0.2) is 55.2 Å². The molecule has 0 saturated carbocycles. The molecular formula is C12H25NO3S. The maximum absolute atomic E-state index is 11.5. The molecule has 2 atom stereocenters. The maximum atomic E-state index is 11.5. The number of nitrogens with zero attached hydrogens (tertiary/aromatic N) is 1. The molecule has 0 radical (unpaired) electrons. The van der Waals surface area contributed by atoms with E-state index in [1.807, 2.05) is 0 Å². The van der Waals surface area contributed by atoms with Crippen molar-refractivity contribution in [2.75, 3.05) is 24.6 Å². The zero-order valence-corrected chi connectivity index (χ0v) is 12.1. The molecule has 1 rings (SSSR count). The van der Waals surface area contributed by atoms with Gasteiger partial charge < -0.3 is 5.11 Å². The molecule has 5 heteroatoms. The van der Waals surface area contributed by atoms with Crippen molar-refractivity contribution in [2.24, 2.45) is 11.8 Å². The molecule has 102 valence electrons. The standard InChI is InChI=1S/C12H25NO3S/c1-9(2)5-13(6-10(3)4)11-7-17(15,16)8-12(11)14/h9-12,14H,5-8H2,1-4H3/t11-,12-/m1/s1. The van der Waals surface area contributed by atoms with Crippen molar-refractivity contribution < 1.29 is 13.5 Å². The fourth-order valence-electron chi connectivity index (χ4n) is 2.44. The molecule has 0 bridgehead atoms. The lowest BCUT2D eigenvalue weighted by atomic mass is 10.1. The third kappa shape index (κ3) is 4.56. The van der Waals surface area contributed by atoms with E-state index in [1.165, 1.54) is 0 Å². The van der Waals surface area contributed by atoms with Crippen molar-refractivity contribution in [3.8, 4) is 0 Å². The Kier molecular flexibility index (Phi) is 4.98. The van der Waals surface area contributed by atoms with Crippen LogP contribution in [0.5, 0.6) is 0 Å². The monoisotopic (exact) mass is 263 g/mol. The van der Waals surface area contributed by atoms with Crippen molar-refractivity contribution in [1.29, 1.82) is 0 Å².